The van der Waals surface area contributed by atoms with Crippen molar-refractivity contribution in [3.8, 4) is 0 Å². The van der Waals surface area contributed by atoms with Gasteiger partial charge in [-0.15, -0.1) is 0 Å². The quantitative estimate of drug-likeness (QED) is 0.773. The van der Waals surface area contributed by atoms with Crippen molar-refractivity contribution in [2.45, 2.75) is 6.04 Å². The molecular formula is C13H14N4O4. The average Bonchev–Trinajstić information content (AvgIpc) is 2.87. The molecule has 1 atom stereocenters. The lowest BCUT2D eigenvalue weighted by Crippen LogP contribution is -2.54. The molecule has 2 aliphatic heterocycles. The molecule has 8 heteroatoms. The van der Waals surface area contributed by atoms with Gasteiger partial charge in [0.25, 0.3) is 5.91 Å². The van der Waals surface area contributed by atoms with Crippen molar-refractivity contribution < 1.29 is 19.5 Å². The van der Waals surface area contributed by atoms with Crippen LogP contribution in [0.25, 0.3) is 0 Å². The molecule has 2 saturated heterocycles. The van der Waals surface area contributed by atoms with Crippen LogP contribution in [0.4, 0.5) is 4.79 Å². The van der Waals surface area contributed by atoms with Crippen molar-refractivity contribution in [3.05, 3.63) is 29.6 Å². The molecule has 2 N–H and O–H groups in total. The van der Waals surface area contributed by atoms with Gasteiger partial charge in [-0.2, -0.15) is 0 Å². The second-order valence-electron chi connectivity index (χ2n) is 4.99. The van der Waals surface area contributed by atoms with E-state index in [0.29, 0.717) is 26.2 Å². The zero-order valence-electron chi connectivity index (χ0n) is 11.2. The number of carbonyl (C=O) groups excluding carboxylic acids is 2. The van der Waals surface area contributed by atoms with Crippen LogP contribution < -0.4 is 5.32 Å². The van der Waals surface area contributed by atoms with Crippen molar-refractivity contribution in [1.82, 2.24) is 20.1 Å². The highest BCUT2D eigenvalue weighted by molar-refractivity contribution is 6.03. The first kappa shape index (κ1) is 13.3. The van der Waals surface area contributed by atoms with Crippen LogP contribution in [0.5, 0.6) is 0 Å². The number of nitrogens with zero attached hydrogens (tertiary/aromatic N) is 3. The molecule has 0 spiro atoms. The molecule has 2 aliphatic rings. The fraction of sp³-hybridized carbons (Fsp3) is 0.385. The van der Waals surface area contributed by atoms with Crippen LogP contribution in [0, 0.1) is 0 Å². The number of fused-ring (bicyclic) bond motifs is 1. The van der Waals surface area contributed by atoms with Crippen LogP contribution >= 0.6 is 0 Å². The number of urea groups is 1. The maximum absolute atomic E-state index is 12.5. The number of pyridine rings is 1. The van der Waals surface area contributed by atoms with Crippen molar-refractivity contribution in [3.63, 3.8) is 0 Å². The summed E-state index contributed by atoms with van der Waals surface area (Å²) in [4.78, 5) is 42.3. The van der Waals surface area contributed by atoms with E-state index >= 15 is 0 Å². The van der Waals surface area contributed by atoms with Crippen LogP contribution in [0.2, 0.25) is 0 Å². The lowest BCUT2D eigenvalue weighted by molar-refractivity contribution is 0.0594. The minimum Gasteiger partial charge on any atom is -0.478 e. The summed E-state index contributed by atoms with van der Waals surface area (Å²) < 4.78 is 0. The van der Waals surface area contributed by atoms with E-state index in [0.717, 1.165) is 0 Å². The normalized spacial score (nSPS) is 21.0. The lowest BCUT2D eigenvalue weighted by Gasteiger charge is -2.36. The number of carboxylic acids is 1. The van der Waals surface area contributed by atoms with E-state index in [1.54, 1.807) is 9.80 Å². The molecule has 0 saturated carbocycles. The number of nitrogens with one attached hydrogen (secondary N) is 1. The first-order valence-electron chi connectivity index (χ1n) is 6.60. The number of hydrogen-bond acceptors (Lipinski definition) is 4. The second-order valence-corrected chi connectivity index (χ2v) is 4.99. The fourth-order valence-electron chi connectivity index (χ4n) is 2.69. The van der Waals surface area contributed by atoms with Crippen LogP contribution in [-0.2, 0) is 0 Å². The standard InChI is InChI=1S/C13H14N4O4/c18-11(10-9(12(19)20)2-1-3-14-10)16-4-5-17-8(7-16)6-15-13(17)21/h1-3,8H,4-7H2,(H,15,21)(H,19,20). The number of carbonyl (C=O) groups is 3. The number of aromatic carboxylic acids is 1. The lowest BCUT2D eigenvalue weighted by atomic mass is 10.1. The molecule has 8 nitrogen and oxygen atoms in total. The molecule has 1 unspecified atom stereocenters. The molecule has 0 aliphatic carbocycles. The Balaban J connectivity index is 1.81. The molecule has 0 aromatic carbocycles. The number of piperazine rings is 1. The Labute approximate surface area is 120 Å². The van der Waals surface area contributed by atoms with E-state index in [1.807, 2.05) is 0 Å². The highest BCUT2D eigenvalue weighted by Gasteiger charge is 2.37. The topological polar surface area (TPSA) is 103 Å². The maximum Gasteiger partial charge on any atom is 0.338 e. The molecular weight excluding hydrogens is 276 g/mol. The van der Waals surface area contributed by atoms with E-state index in [1.165, 1.54) is 18.3 Å². The maximum atomic E-state index is 12.5. The second kappa shape index (κ2) is 5.04. The third-order valence-corrected chi connectivity index (χ3v) is 3.76. The summed E-state index contributed by atoms with van der Waals surface area (Å²) >= 11 is 0. The van der Waals surface area contributed by atoms with Crippen molar-refractivity contribution in [1.29, 1.82) is 0 Å². The van der Waals surface area contributed by atoms with E-state index in [2.05, 4.69) is 10.3 Å². The van der Waals surface area contributed by atoms with Crippen LogP contribution in [0.3, 0.4) is 0 Å². The van der Waals surface area contributed by atoms with Gasteiger partial charge in [0.2, 0.25) is 0 Å². The monoisotopic (exact) mass is 290 g/mol. The summed E-state index contributed by atoms with van der Waals surface area (Å²) in [5, 5.41) is 11.9. The van der Waals surface area contributed by atoms with Gasteiger partial charge in [0.05, 0.1) is 11.6 Å². The number of rotatable bonds is 2. The van der Waals surface area contributed by atoms with E-state index < -0.39 is 11.9 Å². The summed E-state index contributed by atoms with van der Waals surface area (Å²) in [5.41, 5.74) is -0.165. The van der Waals surface area contributed by atoms with Gasteiger partial charge < -0.3 is 20.2 Å². The molecule has 1 aromatic heterocycles. The third-order valence-electron chi connectivity index (χ3n) is 3.76. The van der Waals surface area contributed by atoms with Crippen LogP contribution in [-0.4, -0.2) is 70.0 Å². The molecule has 3 heterocycles. The molecule has 3 amide bonds. The Morgan fingerprint density at radius 1 is 1.38 bits per heavy atom. The van der Waals surface area contributed by atoms with Crippen LogP contribution in [0.1, 0.15) is 20.8 Å². The molecule has 3 rings (SSSR count). The summed E-state index contributed by atoms with van der Waals surface area (Å²) in [6, 6.07) is 2.67. The summed E-state index contributed by atoms with van der Waals surface area (Å²) in [6.07, 6.45) is 1.40. The Kier molecular flexibility index (Phi) is 3.20. The van der Waals surface area contributed by atoms with Gasteiger partial charge in [-0.25, -0.2) is 9.59 Å². The largest absolute Gasteiger partial charge is 0.478 e. The number of aromatic nitrogens is 1. The van der Waals surface area contributed by atoms with Gasteiger partial charge in [0.1, 0.15) is 5.69 Å². The minimum atomic E-state index is -1.18. The molecule has 0 radical (unpaired) electrons. The Morgan fingerprint density at radius 3 is 2.95 bits per heavy atom. The zero-order chi connectivity index (χ0) is 15.0. The van der Waals surface area contributed by atoms with Crippen molar-refractivity contribution in [2.24, 2.45) is 0 Å². The Morgan fingerprint density at radius 2 is 2.19 bits per heavy atom. The number of hydrogen-bond donors (Lipinski definition) is 2. The van der Waals surface area contributed by atoms with Gasteiger partial charge in [-0.1, -0.05) is 0 Å². The smallest absolute Gasteiger partial charge is 0.338 e. The third kappa shape index (κ3) is 2.28. The van der Waals surface area contributed by atoms with Gasteiger partial charge in [0, 0.05) is 32.4 Å². The summed E-state index contributed by atoms with van der Waals surface area (Å²) in [7, 11) is 0. The molecule has 21 heavy (non-hydrogen) atoms. The molecule has 2 fully saturated rings. The predicted molar refractivity (Wildman–Crippen MR) is 71.0 cm³/mol. The van der Waals surface area contributed by atoms with Crippen LogP contribution in [0.15, 0.2) is 18.3 Å². The predicted octanol–water partition coefficient (Wildman–Crippen LogP) is -0.371. The summed E-state index contributed by atoms with van der Waals surface area (Å²) in [5.74, 6) is -1.59. The minimum absolute atomic E-state index is 0.0595. The van der Waals surface area contributed by atoms with Crippen molar-refractivity contribution in [2.75, 3.05) is 26.2 Å². The first-order valence-corrected chi connectivity index (χ1v) is 6.60. The number of amides is 3. The first-order chi connectivity index (χ1) is 10.1. The van der Waals surface area contributed by atoms with Gasteiger partial charge in [-0.3, -0.25) is 9.78 Å². The highest BCUT2D eigenvalue weighted by atomic mass is 16.4. The fourth-order valence-corrected chi connectivity index (χ4v) is 2.69. The SMILES string of the molecule is O=C(O)c1cccnc1C(=O)N1CCN2C(=O)NCC2C1. The zero-order valence-corrected chi connectivity index (χ0v) is 11.2. The molecule has 1 aromatic rings. The summed E-state index contributed by atoms with van der Waals surface area (Å²) in [6.45, 7) is 1.69. The van der Waals surface area contributed by atoms with E-state index in [-0.39, 0.29) is 23.3 Å². The van der Waals surface area contributed by atoms with Gasteiger partial charge in [0.15, 0.2) is 0 Å². The Bertz CT molecular complexity index is 618. The van der Waals surface area contributed by atoms with E-state index in [9.17, 15) is 14.4 Å². The molecule has 0 bridgehead atoms. The highest BCUT2D eigenvalue weighted by Crippen LogP contribution is 2.17. The van der Waals surface area contributed by atoms with Crippen molar-refractivity contribution >= 4 is 17.9 Å². The van der Waals surface area contributed by atoms with Gasteiger partial charge >= 0.3 is 12.0 Å². The molecule has 110 valence electrons. The number of carboxylic acid groups (broad SMARTS) is 1. The average molecular weight is 290 g/mol. The van der Waals surface area contributed by atoms with E-state index in [4.69, 9.17) is 5.11 Å². The Hall–Kier alpha value is -2.64. The van der Waals surface area contributed by atoms with Gasteiger partial charge in [-0.05, 0) is 12.1 Å².